The molecule has 26 heavy (non-hydrogen) atoms. The zero-order valence-electron chi connectivity index (χ0n) is 19.5. The molecule has 0 bridgehead atoms. The van der Waals surface area contributed by atoms with Crippen molar-refractivity contribution in [3.05, 3.63) is 10.2 Å². The van der Waals surface area contributed by atoms with Gasteiger partial charge < -0.3 is 0 Å². The van der Waals surface area contributed by atoms with Gasteiger partial charge in [0.05, 0.1) is 0 Å². The monoisotopic (exact) mass is 490 g/mol. The molecular weight excluding hydrogens is 439 g/mol. The average molecular weight is 489 g/mol. The van der Waals surface area contributed by atoms with E-state index in [1.54, 1.807) is 13.3 Å². The Labute approximate surface area is 171 Å². The van der Waals surface area contributed by atoms with Crippen LogP contribution in [0.15, 0.2) is 10.2 Å². The van der Waals surface area contributed by atoms with Gasteiger partial charge in [-0.05, 0) is 0 Å². The standard InChI is InChI=1S/C11H23OSi.3C4H9.Sn/c1-7-9-11(3,10-8-2)12-13(4,5)6;3*1-3-4-2;/h1,7H,8-10H2,2-6H3;3*1,3-4H2,2H3;. The average Bonchev–Trinajstić information content (AvgIpc) is 2.54. The Morgan fingerprint density at radius 3 is 1.62 bits per heavy atom. The van der Waals surface area contributed by atoms with Gasteiger partial charge in [-0.25, -0.2) is 0 Å². The van der Waals surface area contributed by atoms with Gasteiger partial charge in [-0.1, -0.05) is 0 Å². The van der Waals surface area contributed by atoms with Crippen molar-refractivity contribution in [1.82, 2.24) is 0 Å². The van der Waals surface area contributed by atoms with Crippen LogP contribution in [-0.2, 0) is 4.43 Å². The third-order valence-corrected chi connectivity index (χ3v) is 20.8. The summed E-state index contributed by atoms with van der Waals surface area (Å²) in [6.07, 6.45) is 14.5. The van der Waals surface area contributed by atoms with Gasteiger partial charge in [0, 0.05) is 0 Å². The maximum atomic E-state index is 6.63. The molecule has 0 aromatic heterocycles. The van der Waals surface area contributed by atoms with Gasteiger partial charge in [0.1, 0.15) is 0 Å². The van der Waals surface area contributed by atoms with E-state index in [9.17, 15) is 0 Å². The first kappa shape index (κ1) is 26.7. The van der Waals surface area contributed by atoms with Gasteiger partial charge in [-0.15, -0.1) is 0 Å². The first-order valence-corrected chi connectivity index (χ1v) is 22.6. The Morgan fingerprint density at radius 2 is 1.27 bits per heavy atom. The Kier molecular flexibility index (Phi) is 14.2. The summed E-state index contributed by atoms with van der Waals surface area (Å²) in [7, 11) is -1.51. The summed E-state index contributed by atoms with van der Waals surface area (Å²) in [5.74, 6) is 0. The van der Waals surface area contributed by atoms with Crippen molar-refractivity contribution in [3.63, 3.8) is 0 Å². The molecule has 0 fully saturated rings. The SMILES string of the molecule is CCC[CH2][Sn]([CH]=CCC(C)(CCC)O[Si](C)(C)C)([CH2]CCC)[CH2]CCC. The number of hydrogen-bond donors (Lipinski definition) is 0. The Hall–Kier alpha value is 0.716. The fourth-order valence-corrected chi connectivity index (χ4v) is 20.3. The summed E-state index contributed by atoms with van der Waals surface area (Å²) in [6.45, 7) is 18.7. The van der Waals surface area contributed by atoms with E-state index < -0.39 is 26.7 Å². The predicted octanol–water partition coefficient (Wildman–Crippen LogP) is 8.73. The molecule has 0 saturated carbocycles. The van der Waals surface area contributed by atoms with E-state index >= 15 is 0 Å². The molecule has 3 heteroatoms. The number of rotatable bonds is 16. The summed E-state index contributed by atoms with van der Waals surface area (Å²) in [5, 5.41) is 0. The number of hydrogen-bond acceptors (Lipinski definition) is 1. The molecule has 0 aromatic rings. The van der Waals surface area contributed by atoms with E-state index in [1.165, 1.54) is 51.4 Å². The fraction of sp³-hybridized carbons (Fsp3) is 0.913. The Bertz CT molecular complexity index is 353. The molecule has 1 nitrogen and oxygen atoms in total. The second-order valence-electron chi connectivity index (χ2n) is 9.69. The van der Waals surface area contributed by atoms with Crippen LogP contribution in [0.4, 0.5) is 0 Å². The third-order valence-electron chi connectivity index (χ3n) is 5.44. The molecular formula is C23H50OSiSn. The number of unbranched alkanes of at least 4 members (excludes halogenated alkanes) is 3. The topological polar surface area (TPSA) is 9.23 Å². The molecule has 0 radical (unpaired) electrons. The molecule has 0 N–H and O–H groups in total. The van der Waals surface area contributed by atoms with Crippen LogP contribution in [0.2, 0.25) is 33.0 Å². The van der Waals surface area contributed by atoms with E-state index in [-0.39, 0.29) is 5.60 Å². The van der Waals surface area contributed by atoms with E-state index in [0.29, 0.717) is 0 Å². The van der Waals surface area contributed by atoms with Gasteiger partial charge in [-0.2, -0.15) is 0 Å². The maximum absolute atomic E-state index is 6.63. The van der Waals surface area contributed by atoms with Gasteiger partial charge in [-0.3, -0.25) is 0 Å². The van der Waals surface area contributed by atoms with Crippen LogP contribution in [-0.4, -0.2) is 32.3 Å². The molecule has 0 amide bonds. The molecule has 1 atom stereocenters. The van der Waals surface area contributed by atoms with Crippen molar-refractivity contribution in [2.24, 2.45) is 0 Å². The van der Waals surface area contributed by atoms with E-state index in [1.807, 2.05) is 0 Å². The van der Waals surface area contributed by atoms with Crippen molar-refractivity contribution >= 4 is 26.7 Å². The Morgan fingerprint density at radius 1 is 0.808 bits per heavy atom. The zero-order valence-corrected chi connectivity index (χ0v) is 23.4. The molecule has 0 saturated heterocycles. The second-order valence-corrected chi connectivity index (χ2v) is 27.1. The molecule has 156 valence electrons. The van der Waals surface area contributed by atoms with Crippen molar-refractivity contribution < 1.29 is 4.43 Å². The molecule has 0 heterocycles. The van der Waals surface area contributed by atoms with Gasteiger partial charge in [0.2, 0.25) is 0 Å². The Balaban J connectivity index is 5.27. The van der Waals surface area contributed by atoms with Crippen LogP contribution in [0.5, 0.6) is 0 Å². The minimum atomic E-state index is -2.13. The van der Waals surface area contributed by atoms with Gasteiger partial charge >= 0.3 is 172 Å². The van der Waals surface area contributed by atoms with Gasteiger partial charge in [0.25, 0.3) is 0 Å². The predicted molar refractivity (Wildman–Crippen MR) is 126 cm³/mol. The van der Waals surface area contributed by atoms with Crippen LogP contribution in [0.1, 0.15) is 92.4 Å². The van der Waals surface area contributed by atoms with E-state index in [4.69, 9.17) is 4.43 Å². The van der Waals surface area contributed by atoms with Crippen LogP contribution in [0.3, 0.4) is 0 Å². The quantitative estimate of drug-likeness (QED) is 0.197. The molecule has 0 aliphatic rings. The zero-order chi connectivity index (χ0) is 20.1. The molecule has 0 spiro atoms. The summed E-state index contributed by atoms with van der Waals surface area (Å²) < 4.78 is 14.2. The van der Waals surface area contributed by atoms with Crippen molar-refractivity contribution in [3.8, 4) is 0 Å². The molecule has 0 aromatic carbocycles. The van der Waals surface area contributed by atoms with Crippen LogP contribution < -0.4 is 0 Å². The third kappa shape index (κ3) is 12.2. The summed E-state index contributed by atoms with van der Waals surface area (Å²) in [4.78, 5) is 0. The second kappa shape index (κ2) is 13.8. The molecule has 1 unspecified atom stereocenters. The van der Waals surface area contributed by atoms with Gasteiger partial charge in [0.15, 0.2) is 0 Å². The molecule has 0 aliphatic carbocycles. The van der Waals surface area contributed by atoms with E-state index in [0.717, 1.165) is 6.42 Å². The first-order chi connectivity index (χ1) is 12.2. The summed E-state index contributed by atoms with van der Waals surface area (Å²) in [6, 6.07) is 0. The summed E-state index contributed by atoms with van der Waals surface area (Å²) >= 11 is -2.13. The molecule has 0 aliphatic heterocycles. The van der Waals surface area contributed by atoms with Crippen molar-refractivity contribution in [2.75, 3.05) is 0 Å². The van der Waals surface area contributed by atoms with E-state index in [2.05, 4.69) is 64.4 Å². The fourth-order valence-electron chi connectivity index (χ4n) is 4.23. The van der Waals surface area contributed by atoms with Crippen LogP contribution in [0, 0.1) is 0 Å². The van der Waals surface area contributed by atoms with Crippen LogP contribution in [0.25, 0.3) is 0 Å². The first-order valence-electron chi connectivity index (χ1n) is 11.5. The van der Waals surface area contributed by atoms with Crippen molar-refractivity contribution in [1.29, 1.82) is 0 Å². The van der Waals surface area contributed by atoms with Crippen molar-refractivity contribution in [2.45, 2.75) is 131 Å². The van der Waals surface area contributed by atoms with Crippen LogP contribution >= 0.6 is 0 Å². The summed E-state index contributed by atoms with van der Waals surface area (Å²) in [5.41, 5.74) is 0.0492. The molecule has 0 rings (SSSR count). The minimum absolute atomic E-state index is 0.0492. The normalized spacial score (nSPS) is 15.5.